The molecule has 0 saturated heterocycles. The third-order valence-electron chi connectivity index (χ3n) is 3.41. The molecule has 2 aromatic heterocycles. The van der Waals surface area contributed by atoms with E-state index in [1.807, 2.05) is 13.0 Å². The van der Waals surface area contributed by atoms with Gasteiger partial charge in [-0.3, -0.25) is 9.97 Å². The summed E-state index contributed by atoms with van der Waals surface area (Å²) >= 11 is 0. The smallest absolute Gasteiger partial charge is 0.406 e. The van der Waals surface area contributed by atoms with Crippen LogP contribution in [-0.4, -0.2) is 16.3 Å². The number of pyridine rings is 2. The Balaban J connectivity index is 1.87. The van der Waals surface area contributed by atoms with E-state index in [0.717, 1.165) is 17.7 Å². The molecule has 0 aliphatic carbocycles. The minimum atomic E-state index is -4.77. The summed E-state index contributed by atoms with van der Waals surface area (Å²) < 4.78 is 54.6. The Kier molecular flexibility index (Phi) is 4.39. The summed E-state index contributed by atoms with van der Waals surface area (Å²) in [5.41, 5.74) is 2.45. The molecule has 0 amide bonds. The van der Waals surface area contributed by atoms with Crippen LogP contribution in [0.4, 0.5) is 17.6 Å². The molecule has 25 heavy (non-hydrogen) atoms. The number of hydrogen-bond acceptors (Lipinski definition) is 3. The molecule has 0 aliphatic heterocycles. The summed E-state index contributed by atoms with van der Waals surface area (Å²) in [5, 5.41) is 0. The van der Waals surface area contributed by atoms with Crippen LogP contribution in [0.2, 0.25) is 0 Å². The lowest BCUT2D eigenvalue weighted by Gasteiger charge is -2.10. The van der Waals surface area contributed by atoms with Crippen molar-refractivity contribution in [2.24, 2.45) is 0 Å². The van der Waals surface area contributed by atoms with Crippen LogP contribution >= 0.6 is 0 Å². The highest BCUT2D eigenvalue weighted by molar-refractivity contribution is 5.65. The van der Waals surface area contributed by atoms with E-state index < -0.39 is 12.2 Å². The van der Waals surface area contributed by atoms with Gasteiger partial charge in [-0.25, -0.2) is 4.39 Å². The van der Waals surface area contributed by atoms with Crippen molar-refractivity contribution in [1.82, 2.24) is 9.97 Å². The third kappa shape index (κ3) is 4.12. The Morgan fingerprint density at radius 3 is 2.16 bits per heavy atom. The number of nitrogens with zero attached hydrogens (tertiary/aromatic N) is 2. The number of aromatic nitrogens is 2. The summed E-state index contributed by atoms with van der Waals surface area (Å²) in [4.78, 5) is 8.28. The van der Waals surface area contributed by atoms with E-state index in [0.29, 0.717) is 16.8 Å². The molecule has 0 radical (unpaired) electrons. The lowest BCUT2D eigenvalue weighted by Crippen LogP contribution is -2.16. The highest BCUT2D eigenvalue weighted by atomic mass is 19.4. The largest absolute Gasteiger partial charge is 0.573 e. The van der Waals surface area contributed by atoms with E-state index in [1.54, 1.807) is 12.3 Å². The van der Waals surface area contributed by atoms with E-state index in [-0.39, 0.29) is 11.4 Å². The number of rotatable bonds is 3. The van der Waals surface area contributed by atoms with Crippen LogP contribution in [0.3, 0.4) is 0 Å². The molecule has 0 unspecified atom stereocenters. The van der Waals surface area contributed by atoms with E-state index in [9.17, 15) is 17.6 Å². The van der Waals surface area contributed by atoms with Crippen molar-refractivity contribution in [3.63, 3.8) is 0 Å². The SMILES string of the molecule is Cc1ccc(-c2cnc(-c3ccc(OC(F)(F)F)cc3)c(F)c2)nc1. The Bertz CT molecular complexity index is 875. The van der Waals surface area contributed by atoms with Crippen molar-refractivity contribution in [2.45, 2.75) is 13.3 Å². The van der Waals surface area contributed by atoms with Crippen molar-refractivity contribution in [3.8, 4) is 28.3 Å². The first-order chi connectivity index (χ1) is 11.8. The second kappa shape index (κ2) is 6.51. The van der Waals surface area contributed by atoms with Gasteiger partial charge in [-0.2, -0.15) is 0 Å². The summed E-state index contributed by atoms with van der Waals surface area (Å²) in [6, 6.07) is 9.76. The Morgan fingerprint density at radius 2 is 1.60 bits per heavy atom. The lowest BCUT2D eigenvalue weighted by molar-refractivity contribution is -0.274. The van der Waals surface area contributed by atoms with E-state index >= 15 is 0 Å². The first-order valence-corrected chi connectivity index (χ1v) is 7.26. The fraction of sp³-hybridized carbons (Fsp3) is 0.111. The topological polar surface area (TPSA) is 35.0 Å². The van der Waals surface area contributed by atoms with Gasteiger partial charge >= 0.3 is 6.36 Å². The first kappa shape index (κ1) is 16.9. The van der Waals surface area contributed by atoms with E-state index in [4.69, 9.17) is 0 Å². The van der Waals surface area contributed by atoms with Crippen LogP contribution < -0.4 is 4.74 Å². The number of halogens is 4. The van der Waals surface area contributed by atoms with Crippen LogP contribution in [0.15, 0.2) is 54.9 Å². The van der Waals surface area contributed by atoms with Gasteiger partial charge in [0, 0.05) is 23.5 Å². The molecule has 128 valence electrons. The summed E-state index contributed by atoms with van der Waals surface area (Å²) in [7, 11) is 0. The predicted octanol–water partition coefficient (Wildman–Crippen LogP) is 5.16. The average Bonchev–Trinajstić information content (AvgIpc) is 2.55. The minimum absolute atomic E-state index is 0.0365. The predicted molar refractivity (Wildman–Crippen MR) is 84.3 cm³/mol. The van der Waals surface area contributed by atoms with Gasteiger partial charge in [0.05, 0.1) is 5.69 Å². The molecule has 0 bridgehead atoms. The molecule has 0 saturated carbocycles. The maximum Gasteiger partial charge on any atom is 0.573 e. The molecule has 2 heterocycles. The second-order valence-corrected chi connectivity index (χ2v) is 5.35. The quantitative estimate of drug-likeness (QED) is 0.614. The molecule has 3 rings (SSSR count). The number of benzene rings is 1. The fourth-order valence-electron chi connectivity index (χ4n) is 2.24. The number of ether oxygens (including phenoxy) is 1. The van der Waals surface area contributed by atoms with Crippen LogP contribution in [-0.2, 0) is 0 Å². The highest BCUT2D eigenvalue weighted by Gasteiger charge is 2.31. The van der Waals surface area contributed by atoms with Gasteiger partial charge in [-0.05, 0) is 48.9 Å². The number of hydrogen-bond donors (Lipinski definition) is 0. The van der Waals surface area contributed by atoms with Crippen LogP contribution in [0.25, 0.3) is 22.5 Å². The van der Waals surface area contributed by atoms with Gasteiger partial charge in [0.25, 0.3) is 0 Å². The third-order valence-corrected chi connectivity index (χ3v) is 3.41. The summed E-state index contributed by atoms with van der Waals surface area (Å²) in [6.07, 6.45) is -1.63. The Labute approximate surface area is 140 Å². The van der Waals surface area contributed by atoms with Gasteiger partial charge in [-0.15, -0.1) is 13.2 Å². The van der Waals surface area contributed by atoms with Crippen molar-refractivity contribution in [2.75, 3.05) is 0 Å². The normalized spacial score (nSPS) is 11.4. The highest BCUT2D eigenvalue weighted by Crippen LogP contribution is 2.28. The molecular weight excluding hydrogens is 336 g/mol. The first-order valence-electron chi connectivity index (χ1n) is 7.26. The summed E-state index contributed by atoms with van der Waals surface area (Å²) in [6.45, 7) is 1.89. The molecule has 0 N–H and O–H groups in total. The van der Waals surface area contributed by atoms with Gasteiger partial charge in [0.1, 0.15) is 17.3 Å². The van der Waals surface area contributed by atoms with Crippen LogP contribution in [0.5, 0.6) is 5.75 Å². The Hall–Kier alpha value is -2.96. The van der Waals surface area contributed by atoms with Crippen molar-refractivity contribution in [1.29, 1.82) is 0 Å². The molecule has 0 fully saturated rings. The molecule has 3 nitrogen and oxygen atoms in total. The van der Waals surface area contributed by atoms with Crippen molar-refractivity contribution < 1.29 is 22.3 Å². The number of alkyl halides is 3. The molecule has 3 aromatic rings. The van der Waals surface area contributed by atoms with Crippen LogP contribution in [0, 0.1) is 12.7 Å². The molecule has 0 spiro atoms. The monoisotopic (exact) mass is 348 g/mol. The van der Waals surface area contributed by atoms with Crippen molar-refractivity contribution in [3.05, 3.63) is 66.2 Å². The van der Waals surface area contributed by atoms with Crippen molar-refractivity contribution >= 4 is 0 Å². The molecule has 7 heteroatoms. The molecule has 1 aromatic carbocycles. The second-order valence-electron chi connectivity index (χ2n) is 5.35. The zero-order chi connectivity index (χ0) is 18.0. The summed E-state index contributed by atoms with van der Waals surface area (Å²) in [5.74, 6) is -0.971. The zero-order valence-corrected chi connectivity index (χ0v) is 13.0. The van der Waals surface area contributed by atoms with Crippen LogP contribution in [0.1, 0.15) is 5.56 Å². The van der Waals surface area contributed by atoms with E-state index in [1.165, 1.54) is 24.4 Å². The maximum absolute atomic E-state index is 14.4. The van der Waals surface area contributed by atoms with Gasteiger partial charge in [0.2, 0.25) is 0 Å². The van der Waals surface area contributed by atoms with Gasteiger partial charge in [-0.1, -0.05) is 6.07 Å². The maximum atomic E-state index is 14.4. The van der Waals surface area contributed by atoms with Gasteiger partial charge in [0.15, 0.2) is 0 Å². The Morgan fingerprint density at radius 1 is 0.880 bits per heavy atom. The molecule has 0 atom stereocenters. The zero-order valence-electron chi connectivity index (χ0n) is 13.0. The standard InChI is InChI=1S/C18H12F4N2O/c1-11-2-7-16(23-9-11)13-8-15(19)17(24-10-13)12-3-5-14(6-4-12)25-18(20,21)22/h2-10H,1H3. The average molecular weight is 348 g/mol. The van der Waals surface area contributed by atoms with Gasteiger partial charge < -0.3 is 4.74 Å². The molecule has 0 aliphatic rings. The number of aryl methyl sites for hydroxylation is 1. The van der Waals surface area contributed by atoms with E-state index in [2.05, 4.69) is 14.7 Å². The molecular formula is C18H12F4N2O. The fourth-order valence-corrected chi connectivity index (χ4v) is 2.24. The lowest BCUT2D eigenvalue weighted by atomic mass is 10.1. The minimum Gasteiger partial charge on any atom is -0.406 e.